The van der Waals surface area contributed by atoms with Crippen molar-refractivity contribution in [3.8, 4) is 5.75 Å². The summed E-state index contributed by atoms with van der Waals surface area (Å²) >= 11 is 6.17. The molecule has 1 heterocycles. The lowest BCUT2D eigenvalue weighted by atomic mass is 9.98. The van der Waals surface area contributed by atoms with Gasteiger partial charge in [-0.05, 0) is 60.7 Å². The van der Waals surface area contributed by atoms with Crippen LogP contribution in [0.5, 0.6) is 5.75 Å². The predicted molar refractivity (Wildman–Crippen MR) is 122 cm³/mol. The van der Waals surface area contributed by atoms with E-state index < -0.39 is 6.10 Å². The molecule has 1 unspecified atom stereocenters. The molecule has 0 spiro atoms. The maximum atomic E-state index is 10.4. The molecule has 1 atom stereocenters. The molecule has 0 radical (unpaired) electrons. The summed E-state index contributed by atoms with van der Waals surface area (Å²) in [5.41, 5.74) is 5.03. The molecule has 0 aliphatic carbocycles. The molecule has 5 heteroatoms. The zero-order valence-electron chi connectivity index (χ0n) is 18.0. The van der Waals surface area contributed by atoms with Gasteiger partial charge < -0.3 is 14.7 Å². The molecule has 0 amide bonds. The third kappa shape index (κ3) is 5.88. The highest BCUT2D eigenvalue weighted by Crippen LogP contribution is 2.26. The monoisotopic (exact) mass is 416 g/mol. The van der Waals surface area contributed by atoms with Crippen molar-refractivity contribution in [2.45, 2.75) is 39.7 Å². The molecule has 158 valence electrons. The van der Waals surface area contributed by atoms with E-state index in [0.29, 0.717) is 19.1 Å². The SMILES string of the molecule is Cc1cc(OCC(O)CN2CCN(c3cc(Cl)ccc3C)CC2)ccc1C(C)C. The second-order valence-corrected chi connectivity index (χ2v) is 8.79. The van der Waals surface area contributed by atoms with Crippen molar-refractivity contribution in [2.24, 2.45) is 0 Å². The number of aliphatic hydroxyl groups is 1. The lowest BCUT2D eigenvalue weighted by molar-refractivity contribution is 0.0663. The number of nitrogens with zero attached hydrogens (tertiary/aromatic N) is 2. The van der Waals surface area contributed by atoms with Crippen molar-refractivity contribution < 1.29 is 9.84 Å². The smallest absolute Gasteiger partial charge is 0.119 e. The first-order valence-electron chi connectivity index (χ1n) is 10.5. The van der Waals surface area contributed by atoms with Crippen LogP contribution in [0.1, 0.15) is 36.5 Å². The van der Waals surface area contributed by atoms with E-state index in [2.05, 4.69) is 55.7 Å². The number of halogens is 1. The molecule has 0 aromatic heterocycles. The molecule has 0 saturated carbocycles. The summed E-state index contributed by atoms with van der Waals surface area (Å²) in [4.78, 5) is 4.68. The molecule has 1 saturated heterocycles. The second-order valence-electron chi connectivity index (χ2n) is 8.36. The zero-order chi connectivity index (χ0) is 21.0. The lowest BCUT2D eigenvalue weighted by Gasteiger charge is -2.37. The van der Waals surface area contributed by atoms with Crippen LogP contribution >= 0.6 is 11.6 Å². The first kappa shape index (κ1) is 21.9. The normalized spacial score (nSPS) is 16.3. The number of anilines is 1. The van der Waals surface area contributed by atoms with Gasteiger partial charge in [-0.25, -0.2) is 0 Å². The minimum atomic E-state index is -0.500. The number of aliphatic hydroxyl groups excluding tert-OH is 1. The molecule has 2 aromatic rings. The molecule has 3 rings (SSSR count). The number of β-amino-alcohol motifs (C(OH)–C–C–N with tert-alkyl or cyclic N) is 1. The molecule has 2 aromatic carbocycles. The maximum Gasteiger partial charge on any atom is 0.119 e. The van der Waals surface area contributed by atoms with E-state index in [9.17, 15) is 5.11 Å². The summed E-state index contributed by atoms with van der Waals surface area (Å²) in [6, 6.07) is 12.2. The number of hydrogen-bond donors (Lipinski definition) is 1. The van der Waals surface area contributed by atoms with E-state index >= 15 is 0 Å². The number of hydrogen-bond acceptors (Lipinski definition) is 4. The quantitative estimate of drug-likeness (QED) is 0.713. The molecule has 1 N–H and O–H groups in total. The molecule has 1 aliphatic rings. The summed E-state index contributed by atoms with van der Waals surface area (Å²) in [7, 11) is 0. The third-order valence-corrected chi connectivity index (χ3v) is 5.89. The van der Waals surface area contributed by atoms with Crippen molar-refractivity contribution in [1.82, 2.24) is 4.90 Å². The topological polar surface area (TPSA) is 35.9 Å². The summed E-state index contributed by atoms with van der Waals surface area (Å²) in [6.07, 6.45) is -0.500. The van der Waals surface area contributed by atoms with Gasteiger partial charge in [0, 0.05) is 43.4 Å². The van der Waals surface area contributed by atoms with Gasteiger partial charge in [0.15, 0.2) is 0 Å². The van der Waals surface area contributed by atoms with E-state index in [4.69, 9.17) is 16.3 Å². The molecule has 29 heavy (non-hydrogen) atoms. The summed E-state index contributed by atoms with van der Waals surface area (Å²) < 4.78 is 5.84. The first-order chi connectivity index (χ1) is 13.8. The third-order valence-electron chi connectivity index (χ3n) is 5.66. The Kier molecular flexibility index (Phi) is 7.44. The van der Waals surface area contributed by atoms with Crippen LogP contribution in [0, 0.1) is 13.8 Å². The molecule has 1 aliphatic heterocycles. The Bertz CT molecular complexity index is 817. The van der Waals surface area contributed by atoms with Gasteiger partial charge in [0.25, 0.3) is 0 Å². The minimum Gasteiger partial charge on any atom is -0.491 e. The van der Waals surface area contributed by atoms with Crippen molar-refractivity contribution in [2.75, 3.05) is 44.2 Å². The van der Waals surface area contributed by atoms with E-state index in [1.54, 1.807) is 0 Å². The maximum absolute atomic E-state index is 10.4. The van der Waals surface area contributed by atoms with E-state index in [1.165, 1.54) is 22.4 Å². The van der Waals surface area contributed by atoms with Gasteiger partial charge in [-0.2, -0.15) is 0 Å². The van der Waals surface area contributed by atoms with Crippen molar-refractivity contribution in [1.29, 1.82) is 0 Å². The molecule has 0 bridgehead atoms. The van der Waals surface area contributed by atoms with Crippen LogP contribution in [-0.4, -0.2) is 55.4 Å². The van der Waals surface area contributed by atoms with Gasteiger partial charge in [-0.3, -0.25) is 4.90 Å². The van der Waals surface area contributed by atoms with Gasteiger partial charge in [0.1, 0.15) is 18.5 Å². The highest BCUT2D eigenvalue weighted by atomic mass is 35.5. The van der Waals surface area contributed by atoms with Gasteiger partial charge in [-0.1, -0.05) is 37.6 Å². The Morgan fingerprint density at radius 2 is 1.72 bits per heavy atom. The average molecular weight is 417 g/mol. The van der Waals surface area contributed by atoms with Gasteiger partial charge in [0.2, 0.25) is 0 Å². The second kappa shape index (κ2) is 9.84. The van der Waals surface area contributed by atoms with Crippen LogP contribution in [0.25, 0.3) is 0 Å². The van der Waals surface area contributed by atoms with Gasteiger partial charge >= 0.3 is 0 Å². The number of rotatable bonds is 7. The zero-order valence-corrected chi connectivity index (χ0v) is 18.7. The number of benzene rings is 2. The van der Waals surface area contributed by atoms with Crippen LogP contribution in [-0.2, 0) is 0 Å². The Morgan fingerprint density at radius 1 is 1.00 bits per heavy atom. The lowest BCUT2D eigenvalue weighted by Crippen LogP contribution is -2.49. The Hall–Kier alpha value is -1.75. The fourth-order valence-electron chi connectivity index (χ4n) is 4.02. The highest BCUT2D eigenvalue weighted by Gasteiger charge is 2.21. The van der Waals surface area contributed by atoms with Gasteiger partial charge in [0.05, 0.1) is 0 Å². The number of ether oxygens (including phenoxy) is 1. The fraction of sp³-hybridized carbons (Fsp3) is 0.500. The van der Waals surface area contributed by atoms with Crippen LogP contribution in [0.15, 0.2) is 36.4 Å². The fourth-order valence-corrected chi connectivity index (χ4v) is 4.19. The molecular formula is C24H33ClN2O2. The number of aryl methyl sites for hydroxylation is 2. The standard InChI is InChI=1S/C24H33ClN2O2/c1-17(2)23-8-7-22(13-19(23)4)29-16-21(28)15-26-9-11-27(12-10-26)24-14-20(25)6-5-18(24)3/h5-8,13-14,17,21,28H,9-12,15-16H2,1-4H3. The summed E-state index contributed by atoms with van der Waals surface area (Å²) in [5.74, 6) is 1.33. The molecule has 4 nitrogen and oxygen atoms in total. The first-order valence-corrected chi connectivity index (χ1v) is 10.9. The van der Waals surface area contributed by atoms with Crippen molar-refractivity contribution in [3.63, 3.8) is 0 Å². The number of piperazine rings is 1. The van der Waals surface area contributed by atoms with E-state index in [1.807, 2.05) is 18.2 Å². The van der Waals surface area contributed by atoms with Crippen LogP contribution in [0.2, 0.25) is 5.02 Å². The summed E-state index contributed by atoms with van der Waals surface area (Å²) in [6.45, 7) is 13.3. The predicted octanol–water partition coefficient (Wildman–Crippen LogP) is 4.64. The van der Waals surface area contributed by atoms with E-state index in [-0.39, 0.29) is 0 Å². The summed E-state index contributed by atoms with van der Waals surface area (Å²) in [5, 5.41) is 11.2. The molecular weight excluding hydrogens is 384 g/mol. The highest BCUT2D eigenvalue weighted by molar-refractivity contribution is 6.30. The van der Waals surface area contributed by atoms with Crippen LogP contribution < -0.4 is 9.64 Å². The van der Waals surface area contributed by atoms with Crippen molar-refractivity contribution >= 4 is 17.3 Å². The average Bonchev–Trinajstić information content (AvgIpc) is 2.69. The Morgan fingerprint density at radius 3 is 2.38 bits per heavy atom. The van der Waals surface area contributed by atoms with Crippen LogP contribution in [0.4, 0.5) is 5.69 Å². The minimum absolute atomic E-state index is 0.314. The van der Waals surface area contributed by atoms with Gasteiger partial charge in [-0.15, -0.1) is 0 Å². The van der Waals surface area contributed by atoms with Crippen molar-refractivity contribution in [3.05, 3.63) is 58.1 Å². The largest absolute Gasteiger partial charge is 0.491 e. The molecule has 1 fully saturated rings. The Labute approximate surface area is 180 Å². The van der Waals surface area contributed by atoms with E-state index in [0.717, 1.165) is 37.0 Å². The Balaban J connectivity index is 1.46. The van der Waals surface area contributed by atoms with Crippen LogP contribution in [0.3, 0.4) is 0 Å².